The van der Waals surface area contributed by atoms with E-state index >= 15 is 0 Å². The molecule has 0 bridgehead atoms. The predicted molar refractivity (Wildman–Crippen MR) is 163 cm³/mol. The lowest BCUT2D eigenvalue weighted by Crippen LogP contribution is -2.38. The molecule has 3 aromatic carbocycles. The highest BCUT2D eigenvalue weighted by atomic mass is 32.2. The van der Waals surface area contributed by atoms with Gasteiger partial charge in [-0.05, 0) is 112 Å². The molecule has 1 fully saturated rings. The van der Waals surface area contributed by atoms with E-state index in [1.54, 1.807) is 11.8 Å². The van der Waals surface area contributed by atoms with Crippen LogP contribution >= 0.6 is 11.8 Å². The molecule has 1 heterocycles. The SMILES string of the molecule is C#Cc1ccc(CNC)cc1.C=CC1CCN(CCN(c2ccc(SC)cc2)c2cccc(C)c2)CC1. The van der Waals surface area contributed by atoms with E-state index in [-0.39, 0.29) is 0 Å². The third-order valence-electron chi connectivity index (χ3n) is 6.80. The number of hydrogen-bond acceptors (Lipinski definition) is 4. The summed E-state index contributed by atoms with van der Waals surface area (Å²) in [5.74, 6) is 3.28. The average Bonchev–Trinajstić information content (AvgIpc) is 2.95. The second kappa shape index (κ2) is 15.3. The molecule has 194 valence electrons. The number of nitrogens with one attached hydrogen (secondary N) is 1. The fourth-order valence-electron chi connectivity index (χ4n) is 4.54. The van der Waals surface area contributed by atoms with Gasteiger partial charge in [-0.1, -0.05) is 36.3 Å². The second-order valence-corrected chi connectivity index (χ2v) is 10.4. The van der Waals surface area contributed by atoms with E-state index in [0.29, 0.717) is 5.92 Å². The zero-order valence-electron chi connectivity index (χ0n) is 22.6. The van der Waals surface area contributed by atoms with Crippen LogP contribution in [0.3, 0.4) is 0 Å². The minimum Gasteiger partial charge on any atom is -0.340 e. The van der Waals surface area contributed by atoms with Gasteiger partial charge in [0.05, 0.1) is 0 Å². The van der Waals surface area contributed by atoms with Crippen LogP contribution in [0.2, 0.25) is 0 Å². The van der Waals surface area contributed by atoms with Gasteiger partial charge in [-0.25, -0.2) is 0 Å². The Kier molecular flexibility index (Phi) is 11.8. The Hall–Kier alpha value is -2.97. The van der Waals surface area contributed by atoms with Crippen molar-refractivity contribution >= 4 is 23.1 Å². The molecule has 0 saturated carbocycles. The monoisotopic (exact) mass is 511 g/mol. The van der Waals surface area contributed by atoms with Crippen LogP contribution in [0.4, 0.5) is 11.4 Å². The van der Waals surface area contributed by atoms with Crippen molar-refractivity contribution in [3.8, 4) is 12.3 Å². The van der Waals surface area contributed by atoms with Crippen LogP contribution in [0.1, 0.15) is 29.5 Å². The second-order valence-electron chi connectivity index (χ2n) is 9.48. The molecule has 1 aliphatic heterocycles. The van der Waals surface area contributed by atoms with Crippen LogP contribution in [0, 0.1) is 25.2 Å². The normalized spacial score (nSPS) is 13.8. The van der Waals surface area contributed by atoms with E-state index in [4.69, 9.17) is 6.42 Å². The summed E-state index contributed by atoms with van der Waals surface area (Å²) in [5.41, 5.74) is 6.05. The van der Waals surface area contributed by atoms with Gasteiger partial charge in [0.1, 0.15) is 0 Å². The first kappa shape index (κ1) is 28.6. The van der Waals surface area contributed by atoms with Crippen LogP contribution < -0.4 is 10.2 Å². The molecule has 37 heavy (non-hydrogen) atoms. The Morgan fingerprint density at radius 1 is 1.05 bits per heavy atom. The number of piperidine rings is 1. The fourth-order valence-corrected chi connectivity index (χ4v) is 4.95. The number of aryl methyl sites for hydroxylation is 1. The number of nitrogens with zero attached hydrogens (tertiary/aromatic N) is 2. The van der Waals surface area contributed by atoms with Crippen molar-refractivity contribution < 1.29 is 0 Å². The predicted octanol–water partition coefficient (Wildman–Crippen LogP) is 7.14. The first-order valence-electron chi connectivity index (χ1n) is 13.1. The molecular weight excluding hydrogens is 470 g/mol. The van der Waals surface area contributed by atoms with Crippen molar-refractivity contribution in [3.63, 3.8) is 0 Å². The lowest BCUT2D eigenvalue weighted by molar-refractivity contribution is 0.208. The standard InChI is InChI=1S/C23H30N2S.C10H11N/c1-4-20-12-14-24(15-13-20)16-17-25(22-7-5-6-19(2)18-22)21-8-10-23(26-3)11-9-21;1-3-9-4-6-10(7-5-9)8-11-2/h4-11,18,20H,1,12-17H2,2-3H3;1,4-7,11H,8H2,2H3. The lowest BCUT2D eigenvalue weighted by Gasteiger charge is -2.33. The van der Waals surface area contributed by atoms with E-state index in [2.05, 4.69) is 95.4 Å². The summed E-state index contributed by atoms with van der Waals surface area (Å²) in [7, 11) is 1.93. The molecule has 1 aliphatic rings. The summed E-state index contributed by atoms with van der Waals surface area (Å²) in [6, 6.07) is 25.7. The highest BCUT2D eigenvalue weighted by molar-refractivity contribution is 7.98. The maximum atomic E-state index is 5.21. The average molecular weight is 512 g/mol. The van der Waals surface area contributed by atoms with Gasteiger partial charge in [-0.2, -0.15) is 0 Å². The molecule has 0 radical (unpaired) electrons. The minimum atomic E-state index is 0.707. The quantitative estimate of drug-likeness (QED) is 0.187. The van der Waals surface area contributed by atoms with Gasteiger partial charge >= 0.3 is 0 Å². The first-order chi connectivity index (χ1) is 18.1. The van der Waals surface area contributed by atoms with Gasteiger partial charge in [0.25, 0.3) is 0 Å². The zero-order chi connectivity index (χ0) is 26.5. The Balaban J connectivity index is 0.000000289. The third-order valence-corrected chi connectivity index (χ3v) is 7.55. The number of thioether (sulfide) groups is 1. The number of allylic oxidation sites excluding steroid dienone is 1. The fraction of sp³-hybridized carbons (Fsp3) is 0.333. The molecule has 0 amide bonds. The molecule has 1 saturated heterocycles. The lowest BCUT2D eigenvalue weighted by atomic mass is 9.97. The number of rotatable bonds is 9. The number of benzene rings is 3. The largest absolute Gasteiger partial charge is 0.340 e. The van der Waals surface area contributed by atoms with Crippen LogP contribution in [-0.4, -0.2) is 44.4 Å². The van der Waals surface area contributed by atoms with Crippen molar-refractivity contribution in [1.29, 1.82) is 0 Å². The molecule has 4 rings (SSSR count). The van der Waals surface area contributed by atoms with Crippen LogP contribution in [0.5, 0.6) is 0 Å². The molecule has 4 heteroatoms. The highest BCUT2D eigenvalue weighted by Crippen LogP contribution is 2.28. The maximum absolute atomic E-state index is 5.21. The molecule has 0 atom stereocenters. The molecule has 3 nitrogen and oxygen atoms in total. The van der Waals surface area contributed by atoms with E-state index in [0.717, 1.165) is 25.2 Å². The van der Waals surface area contributed by atoms with E-state index in [9.17, 15) is 0 Å². The van der Waals surface area contributed by atoms with E-state index in [1.807, 2.05) is 31.3 Å². The Morgan fingerprint density at radius 3 is 2.32 bits per heavy atom. The van der Waals surface area contributed by atoms with Crippen LogP contribution in [0.15, 0.2) is 90.3 Å². The third kappa shape index (κ3) is 9.13. The molecule has 0 unspecified atom stereocenters. The van der Waals surface area contributed by atoms with Crippen molar-refractivity contribution in [1.82, 2.24) is 10.2 Å². The number of terminal acetylenes is 1. The molecule has 0 aromatic heterocycles. The van der Waals surface area contributed by atoms with Crippen LogP contribution in [-0.2, 0) is 6.54 Å². The highest BCUT2D eigenvalue weighted by Gasteiger charge is 2.18. The van der Waals surface area contributed by atoms with E-state index < -0.39 is 0 Å². The summed E-state index contributed by atoms with van der Waals surface area (Å²) < 4.78 is 0. The molecule has 0 spiro atoms. The summed E-state index contributed by atoms with van der Waals surface area (Å²) in [6.45, 7) is 11.5. The topological polar surface area (TPSA) is 18.5 Å². The van der Waals surface area contributed by atoms with Gasteiger partial charge in [0, 0.05) is 41.5 Å². The zero-order valence-corrected chi connectivity index (χ0v) is 23.4. The molecule has 1 N–H and O–H groups in total. The summed E-state index contributed by atoms with van der Waals surface area (Å²) in [4.78, 5) is 6.36. The number of hydrogen-bond donors (Lipinski definition) is 1. The van der Waals surface area contributed by atoms with Gasteiger partial charge in [0.15, 0.2) is 0 Å². The van der Waals surface area contributed by atoms with Crippen molar-refractivity contribution in [2.24, 2.45) is 5.92 Å². The van der Waals surface area contributed by atoms with Crippen molar-refractivity contribution in [2.75, 3.05) is 44.4 Å². The van der Waals surface area contributed by atoms with Gasteiger partial charge in [0.2, 0.25) is 0 Å². The van der Waals surface area contributed by atoms with Gasteiger partial charge < -0.3 is 15.1 Å². The van der Waals surface area contributed by atoms with E-state index in [1.165, 1.54) is 53.3 Å². The van der Waals surface area contributed by atoms with Crippen molar-refractivity contribution in [2.45, 2.75) is 31.2 Å². The number of likely N-dealkylation sites (tertiary alicyclic amines) is 1. The summed E-state index contributed by atoms with van der Waals surface area (Å²) in [5, 5.41) is 3.07. The smallest absolute Gasteiger partial charge is 0.0413 e. The first-order valence-corrected chi connectivity index (χ1v) is 14.3. The van der Waals surface area contributed by atoms with Crippen molar-refractivity contribution in [3.05, 3.63) is 102 Å². The molecule has 3 aromatic rings. The Bertz CT molecular complexity index is 1120. The summed E-state index contributed by atoms with van der Waals surface area (Å²) >= 11 is 1.79. The molecular formula is C33H41N3S. The van der Waals surface area contributed by atoms with Gasteiger partial charge in [-0.3, -0.25) is 0 Å². The maximum Gasteiger partial charge on any atom is 0.0413 e. The summed E-state index contributed by atoms with van der Waals surface area (Å²) in [6.07, 6.45) is 12.0. The van der Waals surface area contributed by atoms with Gasteiger partial charge in [-0.15, -0.1) is 24.8 Å². The van der Waals surface area contributed by atoms with Crippen LogP contribution in [0.25, 0.3) is 0 Å². The minimum absolute atomic E-state index is 0.707. The Morgan fingerprint density at radius 2 is 1.76 bits per heavy atom. The Labute approximate surface area is 229 Å². The number of anilines is 2. The molecule has 0 aliphatic carbocycles.